The van der Waals surface area contributed by atoms with Gasteiger partial charge in [-0.1, -0.05) is 0 Å². The molecule has 0 radical (unpaired) electrons. The van der Waals surface area contributed by atoms with Crippen molar-refractivity contribution in [3.8, 4) is 0 Å². The average Bonchev–Trinajstić information content (AvgIpc) is 2.42. The number of hydrogen-bond acceptors (Lipinski definition) is 0. The van der Waals surface area contributed by atoms with Gasteiger partial charge in [-0.25, -0.2) is 0 Å². The van der Waals surface area contributed by atoms with E-state index in [1.807, 2.05) is 0 Å². The van der Waals surface area contributed by atoms with Crippen molar-refractivity contribution >= 4 is 49.8 Å². The third kappa shape index (κ3) is 1.91. The molecular weight excluding hydrogens is 396 g/mol. The first-order valence-electron chi connectivity index (χ1n) is 4.14. The molecule has 0 spiro atoms. The van der Waals surface area contributed by atoms with Gasteiger partial charge in [0.1, 0.15) is 0 Å². The van der Waals surface area contributed by atoms with E-state index in [1.54, 1.807) is 0 Å². The van der Waals surface area contributed by atoms with Crippen LogP contribution >= 0.6 is 42.0 Å². The Bertz CT molecular complexity index is 166. The second kappa shape index (κ2) is 3.28. The van der Waals surface area contributed by atoms with Crippen molar-refractivity contribution in [2.24, 2.45) is 11.8 Å². The predicted octanol–water partition coefficient (Wildman–Crippen LogP) is 4.30. The van der Waals surface area contributed by atoms with Gasteiger partial charge in [0, 0.05) is 0 Å². The molecule has 4 heteroatoms. The van der Waals surface area contributed by atoms with Gasteiger partial charge in [-0.15, -0.1) is 0 Å². The second-order valence-corrected chi connectivity index (χ2v) is 43.7. The van der Waals surface area contributed by atoms with E-state index >= 15 is 0 Å². The average molecular weight is 407 g/mol. The van der Waals surface area contributed by atoms with Gasteiger partial charge in [0.2, 0.25) is 0 Å². The Morgan fingerprint density at radius 1 is 1.00 bits per heavy atom. The molecule has 0 saturated heterocycles. The van der Waals surface area contributed by atoms with Gasteiger partial charge in [0.15, 0.2) is 0 Å². The molecule has 0 aromatic carbocycles. The van der Waals surface area contributed by atoms with Gasteiger partial charge in [0.25, 0.3) is 0 Å². The minimum atomic E-state index is -1.82. The molecule has 64 valence electrons. The molecule has 2 fully saturated rings. The fourth-order valence-corrected chi connectivity index (χ4v) is 14.4. The van der Waals surface area contributed by atoms with Gasteiger partial charge < -0.3 is 0 Å². The van der Waals surface area contributed by atoms with Crippen LogP contribution in [-0.4, -0.2) is 7.74 Å². The molecule has 11 heavy (non-hydrogen) atoms. The molecular formula is C7H11Br3Ge. The third-order valence-electron chi connectivity index (χ3n) is 3.16. The van der Waals surface area contributed by atoms with Gasteiger partial charge in [-0.3, -0.25) is 0 Å². The molecule has 0 amide bonds. The maximum atomic E-state index is 3.83. The van der Waals surface area contributed by atoms with Crippen molar-refractivity contribution in [1.29, 1.82) is 0 Å². The van der Waals surface area contributed by atoms with Crippen molar-refractivity contribution in [2.75, 3.05) is 0 Å². The van der Waals surface area contributed by atoms with E-state index < -0.39 is 7.74 Å². The maximum absolute atomic E-state index is 3.83. The molecule has 2 rings (SSSR count). The van der Waals surface area contributed by atoms with E-state index in [-0.39, 0.29) is 0 Å². The third-order valence-corrected chi connectivity index (χ3v) is 15.6. The van der Waals surface area contributed by atoms with Crippen LogP contribution in [0.15, 0.2) is 0 Å². The van der Waals surface area contributed by atoms with Crippen LogP contribution in [0.2, 0.25) is 4.75 Å². The van der Waals surface area contributed by atoms with Gasteiger partial charge in [-0.05, 0) is 0 Å². The monoisotopic (exact) mass is 406 g/mol. The molecule has 3 unspecified atom stereocenters. The Labute approximate surface area is 91.1 Å². The van der Waals surface area contributed by atoms with Crippen LogP contribution in [-0.2, 0) is 0 Å². The van der Waals surface area contributed by atoms with Crippen LogP contribution < -0.4 is 0 Å². The van der Waals surface area contributed by atoms with Crippen molar-refractivity contribution in [2.45, 2.75) is 30.4 Å². The summed E-state index contributed by atoms with van der Waals surface area (Å²) in [7, 11) is -1.82. The molecule has 2 aliphatic carbocycles. The van der Waals surface area contributed by atoms with Crippen molar-refractivity contribution in [3.63, 3.8) is 0 Å². The first-order valence-corrected chi connectivity index (χ1v) is 20.1. The Morgan fingerprint density at radius 3 is 2.00 bits per heavy atom. The van der Waals surface area contributed by atoms with Crippen LogP contribution in [0.25, 0.3) is 0 Å². The molecule has 2 saturated carbocycles. The summed E-state index contributed by atoms with van der Waals surface area (Å²) < 4.78 is 0.980. The van der Waals surface area contributed by atoms with Gasteiger partial charge >= 0.3 is 92.0 Å². The molecule has 0 aliphatic heterocycles. The second-order valence-electron chi connectivity index (χ2n) is 3.82. The molecule has 0 aromatic heterocycles. The van der Waals surface area contributed by atoms with E-state index in [1.165, 1.54) is 25.7 Å². The fourth-order valence-electron chi connectivity index (χ4n) is 2.65. The number of hydrogen-bond donors (Lipinski definition) is 0. The number of halogens is 3. The first-order chi connectivity index (χ1) is 5.07. The summed E-state index contributed by atoms with van der Waals surface area (Å²) in [6.45, 7) is 0. The summed E-state index contributed by atoms with van der Waals surface area (Å²) in [4.78, 5) is 0. The van der Waals surface area contributed by atoms with E-state index in [0.717, 1.165) is 16.6 Å². The van der Waals surface area contributed by atoms with E-state index in [4.69, 9.17) is 0 Å². The summed E-state index contributed by atoms with van der Waals surface area (Å²) in [5, 5.41) is 0. The van der Waals surface area contributed by atoms with Gasteiger partial charge in [-0.2, -0.15) is 0 Å². The topological polar surface area (TPSA) is 0 Å². The molecule has 0 heterocycles. The number of rotatable bonds is 1. The van der Waals surface area contributed by atoms with Crippen molar-refractivity contribution in [1.82, 2.24) is 0 Å². The first kappa shape index (κ1) is 9.53. The molecule has 0 aromatic rings. The SMILES string of the molecule is [Br][Ge]([Br])([Br])[CH]1CC2CCC1C2. The summed E-state index contributed by atoms with van der Waals surface area (Å²) in [5.74, 6) is 2.11. The summed E-state index contributed by atoms with van der Waals surface area (Å²) in [5.41, 5.74) is 0. The molecule has 3 atom stereocenters. The fraction of sp³-hybridized carbons (Fsp3) is 1.00. The zero-order valence-corrected chi connectivity index (χ0v) is 13.1. The van der Waals surface area contributed by atoms with Crippen LogP contribution in [0, 0.1) is 11.8 Å². The Balaban J connectivity index is 2.08. The van der Waals surface area contributed by atoms with Crippen molar-refractivity contribution < 1.29 is 0 Å². The Kier molecular flexibility index (Phi) is 2.85. The summed E-state index contributed by atoms with van der Waals surface area (Å²) in [6, 6.07) is 0. The minimum absolute atomic E-state index is 0.980. The quantitative estimate of drug-likeness (QED) is 0.569. The normalized spacial score (nSPS) is 43.4. The Morgan fingerprint density at radius 2 is 1.73 bits per heavy atom. The molecule has 2 aliphatic rings. The predicted molar refractivity (Wildman–Crippen MR) is 61.7 cm³/mol. The van der Waals surface area contributed by atoms with E-state index in [0.29, 0.717) is 0 Å². The van der Waals surface area contributed by atoms with Gasteiger partial charge in [0.05, 0.1) is 0 Å². The van der Waals surface area contributed by atoms with Crippen LogP contribution in [0.1, 0.15) is 25.7 Å². The summed E-state index contributed by atoms with van der Waals surface area (Å²) in [6.07, 6.45) is 5.99. The number of fused-ring (bicyclic) bond motifs is 2. The van der Waals surface area contributed by atoms with E-state index in [9.17, 15) is 0 Å². The van der Waals surface area contributed by atoms with E-state index in [2.05, 4.69) is 42.0 Å². The Hall–Kier alpha value is 1.98. The molecule has 2 bridgehead atoms. The molecule has 0 N–H and O–H groups in total. The standard InChI is InChI=1S/C7H11Br3Ge/c8-11(9,10)7-4-5-1-2-6(7)3-5/h5-7H,1-4H2. The van der Waals surface area contributed by atoms with Crippen LogP contribution in [0.3, 0.4) is 0 Å². The van der Waals surface area contributed by atoms with Crippen LogP contribution in [0.4, 0.5) is 0 Å². The van der Waals surface area contributed by atoms with Crippen LogP contribution in [0.5, 0.6) is 0 Å². The zero-order chi connectivity index (χ0) is 8.06. The zero-order valence-electron chi connectivity index (χ0n) is 6.19. The molecule has 0 nitrogen and oxygen atoms in total. The summed E-state index contributed by atoms with van der Waals surface area (Å²) >= 11 is 11.5. The van der Waals surface area contributed by atoms with Crippen molar-refractivity contribution in [3.05, 3.63) is 0 Å².